The highest BCUT2D eigenvalue weighted by atomic mass is 127. The molecule has 128 valence electrons. The van der Waals surface area contributed by atoms with E-state index in [9.17, 15) is 18.3 Å². The summed E-state index contributed by atoms with van der Waals surface area (Å²) in [5.74, 6) is 0.561. The molecule has 0 amide bonds. The number of halogens is 4. The summed E-state index contributed by atoms with van der Waals surface area (Å²) in [6, 6.07) is 3.25. The van der Waals surface area contributed by atoms with Gasteiger partial charge in [-0.1, -0.05) is 0 Å². The fourth-order valence-corrected chi connectivity index (χ4v) is 1.56. The maximum Gasteiger partial charge on any atom is 0.390 e. The molecule has 0 spiro atoms. The molecule has 1 unspecified atom stereocenters. The van der Waals surface area contributed by atoms with E-state index >= 15 is 0 Å². The molecule has 0 bridgehead atoms. The molecule has 0 radical (unpaired) electrons. The number of hydrogen-bond donors (Lipinski definition) is 3. The lowest BCUT2D eigenvalue weighted by Gasteiger charge is -2.19. The molecule has 9 heteroatoms. The third-order valence-corrected chi connectivity index (χ3v) is 2.64. The number of aliphatic hydroxyl groups is 1. The SMILES string of the molecule is CCNC(=NCC(C)(O)c1ccco1)NCCC(F)(F)F.I. The second-order valence-electron chi connectivity index (χ2n) is 4.74. The Labute approximate surface area is 144 Å². The molecular formula is C13H21F3IN3O2. The van der Waals surface area contributed by atoms with Gasteiger partial charge in [-0.15, -0.1) is 24.0 Å². The second kappa shape index (κ2) is 9.23. The molecule has 0 saturated heterocycles. The van der Waals surface area contributed by atoms with E-state index in [1.807, 2.05) is 0 Å². The molecule has 1 heterocycles. The largest absolute Gasteiger partial charge is 0.466 e. The van der Waals surface area contributed by atoms with Crippen LogP contribution in [-0.4, -0.2) is 36.9 Å². The normalized spacial score (nSPS) is 14.9. The molecule has 0 aromatic carbocycles. The molecule has 1 aromatic rings. The summed E-state index contributed by atoms with van der Waals surface area (Å²) in [7, 11) is 0. The molecule has 1 aromatic heterocycles. The van der Waals surface area contributed by atoms with Crippen LogP contribution >= 0.6 is 24.0 Å². The van der Waals surface area contributed by atoms with Gasteiger partial charge < -0.3 is 20.2 Å². The summed E-state index contributed by atoms with van der Waals surface area (Å²) >= 11 is 0. The van der Waals surface area contributed by atoms with Crippen molar-refractivity contribution in [1.29, 1.82) is 0 Å². The monoisotopic (exact) mass is 435 g/mol. The minimum atomic E-state index is -4.22. The van der Waals surface area contributed by atoms with Crippen LogP contribution in [0, 0.1) is 0 Å². The first-order chi connectivity index (χ1) is 9.74. The Bertz CT molecular complexity index is 448. The van der Waals surface area contributed by atoms with Crippen molar-refractivity contribution in [1.82, 2.24) is 10.6 Å². The Kier molecular flexibility index (Phi) is 8.83. The van der Waals surface area contributed by atoms with Crippen molar-refractivity contribution in [2.45, 2.75) is 32.0 Å². The molecule has 0 aliphatic heterocycles. The number of nitrogens with one attached hydrogen (secondary N) is 2. The first-order valence-corrected chi connectivity index (χ1v) is 6.60. The molecular weight excluding hydrogens is 414 g/mol. The fourth-order valence-electron chi connectivity index (χ4n) is 1.56. The van der Waals surface area contributed by atoms with Crippen LogP contribution in [0.15, 0.2) is 27.8 Å². The van der Waals surface area contributed by atoms with E-state index in [-0.39, 0.29) is 43.0 Å². The first-order valence-electron chi connectivity index (χ1n) is 6.60. The van der Waals surface area contributed by atoms with E-state index < -0.39 is 18.2 Å². The van der Waals surface area contributed by atoms with Gasteiger partial charge >= 0.3 is 6.18 Å². The van der Waals surface area contributed by atoms with Crippen molar-refractivity contribution >= 4 is 29.9 Å². The van der Waals surface area contributed by atoms with Gasteiger partial charge in [-0.3, -0.25) is 0 Å². The average molecular weight is 435 g/mol. The van der Waals surface area contributed by atoms with E-state index in [4.69, 9.17) is 4.42 Å². The summed E-state index contributed by atoms with van der Waals surface area (Å²) in [5.41, 5.74) is -1.32. The van der Waals surface area contributed by atoms with Crippen LogP contribution in [0.1, 0.15) is 26.0 Å². The topological polar surface area (TPSA) is 69.8 Å². The summed E-state index contributed by atoms with van der Waals surface area (Å²) in [4.78, 5) is 4.08. The number of nitrogens with zero attached hydrogens (tertiary/aromatic N) is 1. The maximum atomic E-state index is 12.1. The number of hydrogen-bond acceptors (Lipinski definition) is 3. The van der Waals surface area contributed by atoms with E-state index in [1.54, 1.807) is 19.1 Å². The fraction of sp³-hybridized carbons (Fsp3) is 0.615. The van der Waals surface area contributed by atoms with Gasteiger partial charge in [-0.2, -0.15) is 13.2 Å². The van der Waals surface area contributed by atoms with Crippen LogP contribution in [0.3, 0.4) is 0 Å². The molecule has 0 aliphatic rings. The van der Waals surface area contributed by atoms with Crippen LogP contribution in [0.5, 0.6) is 0 Å². The van der Waals surface area contributed by atoms with Gasteiger partial charge in [0.15, 0.2) is 5.96 Å². The summed E-state index contributed by atoms with van der Waals surface area (Å²) in [5, 5.41) is 15.6. The zero-order chi connectivity index (χ0) is 15.9. The molecule has 1 rings (SSSR count). The minimum Gasteiger partial charge on any atom is -0.466 e. The van der Waals surface area contributed by atoms with Crippen molar-refractivity contribution in [3.8, 4) is 0 Å². The highest BCUT2D eigenvalue weighted by molar-refractivity contribution is 14.0. The highest BCUT2D eigenvalue weighted by Crippen LogP contribution is 2.21. The lowest BCUT2D eigenvalue weighted by Crippen LogP contribution is -2.40. The van der Waals surface area contributed by atoms with Gasteiger partial charge in [0, 0.05) is 13.1 Å². The zero-order valence-corrected chi connectivity index (χ0v) is 14.7. The third kappa shape index (κ3) is 7.87. The number of guanidine groups is 1. The minimum absolute atomic E-state index is 0. The number of rotatable bonds is 6. The predicted octanol–water partition coefficient (Wildman–Crippen LogP) is 2.61. The first kappa shape index (κ1) is 21.0. The Balaban J connectivity index is 0.00000441. The summed E-state index contributed by atoms with van der Waals surface area (Å²) in [6.45, 7) is 3.50. The number of aliphatic imine (C=N–C) groups is 1. The standard InChI is InChI=1S/C13H20F3N3O2.HI/c1-3-17-11(18-7-6-13(14,15)16)19-9-12(2,20)10-5-4-8-21-10;/h4-5,8,20H,3,6-7,9H2,1-2H3,(H2,17,18,19);1H. The van der Waals surface area contributed by atoms with Gasteiger partial charge in [0.1, 0.15) is 11.4 Å². The van der Waals surface area contributed by atoms with Crippen molar-refractivity contribution in [2.24, 2.45) is 4.99 Å². The predicted molar refractivity (Wildman–Crippen MR) is 88.3 cm³/mol. The molecule has 0 aliphatic carbocycles. The van der Waals surface area contributed by atoms with E-state index in [1.165, 1.54) is 13.2 Å². The summed E-state index contributed by atoms with van der Waals surface area (Å²) in [6.07, 6.45) is -3.74. The molecule has 5 nitrogen and oxygen atoms in total. The Morgan fingerprint density at radius 3 is 2.55 bits per heavy atom. The molecule has 22 heavy (non-hydrogen) atoms. The van der Waals surface area contributed by atoms with Crippen LogP contribution in [0.25, 0.3) is 0 Å². The highest BCUT2D eigenvalue weighted by Gasteiger charge is 2.27. The lowest BCUT2D eigenvalue weighted by atomic mass is 10.0. The Morgan fingerprint density at radius 1 is 1.36 bits per heavy atom. The average Bonchev–Trinajstić information content (AvgIpc) is 2.89. The quantitative estimate of drug-likeness (QED) is 0.365. The maximum absolute atomic E-state index is 12.1. The van der Waals surface area contributed by atoms with Crippen molar-refractivity contribution in [2.75, 3.05) is 19.6 Å². The van der Waals surface area contributed by atoms with Crippen LogP contribution < -0.4 is 10.6 Å². The Morgan fingerprint density at radius 2 is 2.05 bits per heavy atom. The van der Waals surface area contributed by atoms with Crippen LogP contribution in [0.2, 0.25) is 0 Å². The van der Waals surface area contributed by atoms with Crippen LogP contribution in [0.4, 0.5) is 13.2 Å². The van der Waals surface area contributed by atoms with Gasteiger partial charge in [-0.05, 0) is 26.0 Å². The molecule has 1 atom stereocenters. The van der Waals surface area contributed by atoms with Gasteiger partial charge in [0.2, 0.25) is 0 Å². The van der Waals surface area contributed by atoms with Crippen molar-refractivity contribution < 1.29 is 22.7 Å². The van der Waals surface area contributed by atoms with Gasteiger partial charge in [0.25, 0.3) is 0 Å². The molecule has 3 N–H and O–H groups in total. The van der Waals surface area contributed by atoms with Crippen molar-refractivity contribution in [3.63, 3.8) is 0 Å². The molecule has 0 fully saturated rings. The molecule has 0 saturated carbocycles. The lowest BCUT2D eigenvalue weighted by molar-refractivity contribution is -0.132. The summed E-state index contributed by atoms with van der Waals surface area (Å²) < 4.78 is 41.4. The third-order valence-electron chi connectivity index (χ3n) is 2.64. The van der Waals surface area contributed by atoms with E-state index in [2.05, 4.69) is 15.6 Å². The number of furan rings is 1. The van der Waals surface area contributed by atoms with Gasteiger partial charge in [0.05, 0.1) is 19.2 Å². The smallest absolute Gasteiger partial charge is 0.390 e. The zero-order valence-electron chi connectivity index (χ0n) is 12.4. The van der Waals surface area contributed by atoms with E-state index in [0.29, 0.717) is 12.3 Å². The van der Waals surface area contributed by atoms with Gasteiger partial charge in [-0.25, -0.2) is 4.99 Å². The van der Waals surface area contributed by atoms with E-state index in [0.717, 1.165) is 0 Å². The number of alkyl halides is 3. The van der Waals surface area contributed by atoms with Crippen LogP contribution in [-0.2, 0) is 5.60 Å². The second-order valence-corrected chi connectivity index (χ2v) is 4.74. The Hall–Kier alpha value is -0.970. The van der Waals surface area contributed by atoms with Crippen molar-refractivity contribution in [3.05, 3.63) is 24.2 Å².